The van der Waals surface area contributed by atoms with Gasteiger partial charge in [0.05, 0.1) is 13.2 Å². The predicted octanol–water partition coefficient (Wildman–Crippen LogP) is 1.21. The van der Waals surface area contributed by atoms with Crippen molar-refractivity contribution in [3.05, 3.63) is 29.8 Å². The van der Waals surface area contributed by atoms with E-state index in [4.69, 9.17) is 19.9 Å². The van der Waals surface area contributed by atoms with Gasteiger partial charge in [0.2, 0.25) is 11.8 Å². The molecule has 0 aromatic heterocycles. The van der Waals surface area contributed by atoms with Gasteiger partial charge in [-0.1, -0.05) is 12.1 Å². The maximum absolute atomic E-state index is 11.9. The first kappa shape index (κ1) is 23.4. The molecule has 0 aliphatic carbocycles. The number of methoxy groups -OCH3 is 1. The van der Waals surface area contributed by atoms with Crippen LogP contribution in [0.4, 0.5) is 10.5 Å². The second-order valence-corrected chi connectivity index (χ2v) is 7.10. The predicted molar refractivity (Wildman–Crippen MR) is 104 cm³/mol. The highest BCUT2D eigenvalue weighted by molar-refractivity contribution is 5.91. The second-order valence-electron chi connectivity index (χ2n) is 7.10. The van der Waals surface area contributed by atoms with E-state index >= 15 is 0 Å². The zero-order valence-electron chi connectivity index (χ0n) is 16.7. The molecule has 28 heavy (non-hydrogen) atoms. The molecule has 156 valence electrons. The fourth-order valence-electron chi connectivity index (χ4n) is 2.14. The summed E-state index contributed by atoms with van der Waals surface area (Å²) in [7, 11) is 1.55. The van der Waals surface area contributed by atoms with Crippen LogP contribution in [0.3, 0.4) is 0 Å². The van der Waals surface area contributed by atoms with Crippen molar-refractivity contribution in [3.8, 4) is 0 Å². The number of hydrogen-bond donors (Lipinski definition) is 3. The standard InChI is InChI=1S/C19H29N3O6/c1-19(2,3)28-18(25)22-15(17(20)24)11-13-5-7-14(8-6-13)21-16(23)12-27-10-9-26-4/h5-8,15H,9-12H2,1-4H3,(H2,20,24)(H,21,23)(H,22,25). The number of rotatable bonds is 10. The van der Waals surface area contributed by atoms with Gasteiger partial charge in [-0.15, -0.1) is 0 Å². The first-order chi connectivity index (χ1) is 13.1. The van der Waals surface area contributed by atoms with E-state index in [-0.39, 0.29) is 18.9 Å². The van der Waals surface area contributed by atoms with E-state index in [0.29, 0.717) is 18.9 Å². The lowest BCUT2D eigenvalue weighted by Gasteiger charge is -2.22. The minimum atomic E-state index is -0.913. The van der Waals surface area contributed by atoms with E-state index in [1.807, 2.05) is 0 Å². The summed E-state index contributed by atoms with van der Waals surface area (Å²) in [6.07, 6.45) is -0.517. The molecule has 1 aromatic carbocycles. The van der Waals surface area contributed by atoms with E-state index in [2.05, 4.69) is 10.6 Å². The van der Waals surface area contributed by atoms with Gasteiger partial charge < -0.3 is 30.6 Å². The first-order valence-electron chi connectivity index (χ1n) is 8.85. The summed E-state index contributed by atoms with van der Waals surface area (Å²) in [5, 5.41) is 5.16. The number of anilines is 1. The number of amides is 3. The van der Waals surface area contributed by atoms with Crippen LogP contribution in [-0.2, 0) is 30.2 Å². The Labute approximate surface area is 164 Å². The Morgan fingerprint density at radius 3 is 2.29 bits per heavy atom. The minimum absolute atomic E-state index is 0.0747. The number of benzene rings is 1. The first-order valence-corrected chi connectivity index (χ1v) is 8.85. The van der Waals surface area contributed by atoms with Crippen LogP contribution in [-0.4, -0.2) is 56.5 Å². The van der Waals surface area contributed by atoms with Crippen molar-refractivity contribution in [2.45, 2.75) is 38.8 Å². The van der Waals surface area contributed by atoms with Crippen molar-refractivity contribution in [2.24, 2.45) is 5.73 Å². The van der Waals surface area contributed by atoms with Crippen LogP contribution in [0.1, 0.15) is 26.3 Å². The molecule has 0 saturated heterocycles. The van der Waals surface area contributed by atoms with Crippen molar-refractivity contribution >= 4 is 23.6 Å². The van der Waals surface area contributed by atoms with Gasteiger partial charge >= 0.3 is 6.09 Å². The molecule has 1 unspecified atom stereocenters. The Balaban J connectivity index is 2.57. The summed E-state index contributed by atoms with van der Waals surface area (Å²) in [6, 6.07) is 5.92. The van der Waals surface area contributed by atoms with Gasteiger partial charge in [-0.25, -0.2) is 4.79 Å². The second kappa shape index (κ2) is 11.3. The lowest BCUT2D eigenvalue weighted by molar-refractivity contribution is -0.121. The number of nitrogens with two attached hydrogens (primary N) is 1. The molecular weight excluding hydrogens is 366 g/mol. The smallest absolute Gasteiger partial charge is 0.408 e. The average Bonchev–Trinajstić information content (AvgIpc) is 2.58. The number of primary amides is 1. The van der Waals surface area contributed by atoms with E-state index in [9.17, 15) is 14.4 Å². The molecule has 0 fully saturated rings. The molecule has 1 aromatic rings. The van der Waals surface area contributed by atoms with E-state index in [1.54, 1.807) is 52.1 Å². The van der Waals surface area contributed by atoms with E-state index in [0.717, 1.165) is 5.56 Å². The number of carbonyl (C=O) groups is 3. The average molecular weight is 395 g/mol. The summed E-state index contributed by atoms with van der Waals surface area (Å²) in [6.45, 7) is 5.85. The topological polar surface area (TPSA) is 129 Å². The van der Waals surface area contributed by atoms with Crippen LogP contribution in [0.5, 0.6) is 0 Å². The Hall–Kier alpha value is -2.65. The molecule has 0 spiro atoms. The SMILES string of the molecule is COCCOCC(=O)Nc1ccc(CC(NC(=O)OC(C)(C)C)C(N)=O)cc1. The van der Waals surface area contributed by atoms with Gasteiger partial charge in [0, 0.05) is 19.2 Å². The minimum Gasteiger partial charge on any atom is -0.444 e. The third kappa shape index (κ3) is 9.89. The highest BCUT2D eigenvalue weighted by Gasteiger charge is 2.23. The molecule has 4 N–H and O–H groups in total. The van der Waals surface area contributed by atoms with E-state index < -0.39 is 23.6 Å². The maximum atomic E-state index is 11.9. The number of ether oxygens (including phenoxy) is 3. The molecule has 9 heteroatoms. The number of alkyl carbamates (subject to hydrolysis) is 1. The van der Waals surface area contributed by atoms with Gasteiger partial charge in [-0.2, -0.15) is 0 Å². The molecule has 0 aliphatic rings. The fraction of sp³-hybridized carbons (Fsp3) is 0.526. The lowest BCUT2D eigenvalue weighted by atomic mass is 10.1. The molecule has 0 saturated carbocycles. The van der Waals surface area contributed by atoms with Crippen molar-refractivity contribution in [3.63, 3.8) is 0 Å². The number of hydrogen-bond acceptors (Lipinski definition) is 6. The summed E-state index contributed by atoms with van der Waals surface area (Å²) in [4.78, 5) is 35.3. The van der Waals surface area contributed by atoms with Gasteiger partial charge in [0.1, 0.15) is 18.2 Å². The maximum Gasteiger partial charge on any atom is 0.408 e. The Bertz CT molecular complexity index is 655. The molecular formula is C19H29N3O6. The lowest BCUT2D eigenvalue weighted by Crippen LogP contribution is -2.47. The third-order valence-corrected chi connectivity index (χ3v) is 3.38. The molecule has 0 bridgehead atoms. The molecule has 1 atom stereocenters. The Morgan fingerprint density at radius 2 is 1.75 bits per heavy atom. The third-order valence-electron chi connectivity index (χ3n) is 3.38. The van der Waals surface area contributed by atoms with Crippen molar-refractivity contribution in [2.75, 3.05) is 32.2 Å². The quantitative estimate of drug-likeness (QED) is 0.511. The van der Waals surface area contributed by atoms with Crippen LogP contribution < -0.4 is 16.4 Å². The molecule has 9 nitrogen and oxygen atoms in total. The van der Waals surface area contributed by atoms with E-state index in [1.165, 1.54) is 0 Å². The normalized spacial score (nSPS) is 12.1. The van der Waals surface area contributed by atoms with Crippen LogP contribution >= 0.6 is 0 Å². The zero-order valence-corrected chi connectivity index (χ0v) is 16.7. The number of nitrogens with one attached hydrogen (secondary N) is 2. The van der Waals surface area contributed by atoms with Crippen LogP contribution in [0.15, 0.2) is 24.3 Å². The van der Waals surface area contributed by atoms with Crippen LogP contribution in [0.25, 0.3) is 0 Å². The summed E-state index contributed by atoms with van der Waals surface area (Å²) < 4.78 is 15.1. The Morgan fingerprint density at radius 1 is 1.11 bits per heavy atom. The van der Waals surface area contributed by atoms with Crippen LogP contribution in [0.2, 0.25) is 0 Å². The highest BCUT2D eigenvalue weighted by atomic mass is 16.6. The highest BCUT2D eigenvalue weighted by Crippen LogP contribution is 2.12. The van der Waals surface area contributed by atoms with Crippen molar-refractivity contribution < 1.29 is 28.6 Å². The van der Waals surface area contributed by atoms with Crippen molar-refractivity contribution in [1.29, 1.82) is 0 Å². The summed E-state index contributed by atoms with van der Waals surface area (Å²) >= 11 is 0. The van der Waals surface area contributed by atoms with Gasteiger partial charge in [0.15, 0.2) is 0 Å². The molecule has 0 heterocycles. The summed E-state index contributed by atoms with van der Waals surface area (Å²) in [5.74, 6) is -0.957. The van der Waals surface area contributed by atoms with Crippen LogP contribution in [0, 0.1) is 0 Å². The number of carbonyl (C=O) groups excluding carboxylic acids is 3. The molecule has 1 rings (SSSR count). The molecule has 0 aliphatic heterocycles. The summed E-state index contributed by atoms with van der Waals surface area (Å²) in [5.41, 5.74) is 6.03. The van der Waals surface area contributed by atoms with Gasteiger partial charge in [-0.3, -0.25) is 9.59 Å². The van der Waals surface area contributed by atoms with Crippen molar-refractivity contribution in [1.82, 2.24) is 5.32 Å². The van der Waals surface area contributed by atoms with Gasteiger partial charge in [-0.05, 0) is 38.5 Å². The molecule has 3 amide bonds. The fourth-order valence-corrected chi connectivity index (χ4v) is 2.14. The molecule has 0 radical (unpaired) electrons. The zero-order chi connectivity index (χ0) is 21.2. The largest absolute Gasteiger partial charge is 0.444 e. The monoisotopic (exact) mass is 395 g/mol. The Kier molecular flexibility index (Phi) is 9.40. The van der Waals surface area contributed by atoms with Gasteiger partial charge in [0.25, 0.3) is 0 Å².